The highest BCUT2D eigenvalue weighted by Gasteiger charge is 2.17. The number of hydrogen-bond donors (Lipinski definition) is 1. The number of rotatable bonds is 4. The Kier molecular flexibility index (Phi) is 3.77. The standard InChI is InChI=1S/C10H10N2O3S/c1-8(13)7-12-16(14,15)10-5-3-2-4-9(10)6-11/h2-5,12H,7H2,1H3. The van der Waals surface area contributed by atoms with Gasteiger partial charge in [-0.1, -0.05) is 12.1 Å². The van der Waals surface area contributed by atoms with Crippen LogP contribution in [0.1, 0.15) is 12.5 Å². The summed E-state index contributed by atoms with van der Waals surface area (Å²) in [6.07, 6.45) is 0. The van der Waals surface area contributed by atoms with Gasteiger partial charge in [-0.2, -0.15) is 5.26 Å². The predicted octanol–water partition coefficient (Wildman–Crippen LogP) is 0.426. The highest BCUT2D eigenvalue weighted by molar-refractivity contribution is 7.89. The molecular weight excluding hydrogens is 228 g/mol. The number of hydrogen-bond acceptors (Lipinski definition) is 4. The molecule has 0 unspecified atom stereocenters. The molecule has 0 spiro atoms. The number of nitriles is 1. The van der Waals surface area contributed by atoms with Gasteiger partial charge in [-0.15, -0.1) is 0 Å². The highest BCUT2D eigenvalue weighted by Crippen LogP contribution is 2.13. The summed E-state index contributed by atoms with van der Waals surface area (Å²) in [4.78, 5) is 10.6. The molecule has 1 aromatic carbocycles. The first-order chi connectivity index (χ1) is 7.47. The quantitative estimate of drug-likeness (QED) is 0.823. The van der Waals surface area contributed by atoms with Gasteiger partial charge in [0.1, 0.15) is 11.9 Å². The molecule has 1 N–H and O–H groups in total. The largest absolute Gasteiger partial charge is 0.299 e. The molecule has 0 radical (unpaired) electrons. The van der Waals surface area contributed by atoms with Crippen molar-refractivity contribution in [1.29, 1.82) is 5.26 Å². The van der Waals surface area contributed by atoms with E-state index in [1.54, 1.807) is 12.1 Å². The van der Waals surface area contributed by atoms with Gasteiger partial charge in [-0.25, -0.2) is 13.1 Å². The lowest BCUT2D eigenvalue weighted by Gasteiger charge is -2.05. The van der Waals surface area contributed by atoms with Gasteiger partial charge >= 0.3 is 0 Å². The summed E-state index contributed by atoms with van der Waals surface area (Å²) in [6.45, 7) is 1.00. The SMILES string of the molecule is CC(=O)CNS(=O)(=O)c1ccccc1C#N. The number of nitrogens with one attached hydrogen (secondary N) is 1. The summed E-state index contributed by atoms with van der Waals surface area (Å²) in [6, 6.07) is 7.60. The van der Waals surface area contributed by atoms with Crippen LogP contribution >= 0.6 is 0 Å². The monoisotopic (exact) mass is 238 g/mol. The van der Waals surface area contributed by atoms with Gasteiger partial charge in [0.15, 0.2) is 0 Å². The first kappa shape index (κ1) is 12.4. The molecule has 5 nitrogen and oxygen atoms in total. The van der Waals surface area contributed by atoms with Gasteiger partial charge in [-0.05, 0) is 19.1 Å². The average molecular weight is 238 g/mol. The molecule has 0 aliphatic heterocycles. The van der Waals surface area contributed by atoms with Gasteiger partial charge < -0.3 is 0 Å². The van der Waals surface area contributed by atoms with Crippen LogP contribution in [0.5, 0.6) is 0 Å². The van der Waals surface area contributed by atoms with E-state index in [4.69, 9.17) is 5.26 Å². The van der Waals surface area contributed by atoms with Crippen LogP contribution in [0.4, 0.5) is 0 Å². The maximum Gasteiger partial charge on any atom is 0.242 e. The zero-order valence-electron chi connectivity index (χ0n) is 8.60. The van der Waals surface area contributed by atoms with Crippen LogP contribution in [0.25, 0.3) is 0 Å². The molecule has 0 saturated carbocycles. The first-order valence-corrected chi connectivity index (χ1v) is 5.94. The number of sulfonamides is 1. The minimum atomic E-state index is -3.79. The predicted molar refractivity (Wildman–Crippen MR) is 57.0 cm³/mol. The second-order valence-electron chi connectivity index (χ2n) is 3.13. The summed E-state index contributed by atoms with van der Waals surface area (Å²) in [7, 11) is -3.79. The number of benzene rings is 1. The zero-order valence-corrected chi connectivity index (χ0v) is 9.41. The van der Waals surface area contributed by atoms with Crippen molar-refractivity contribution >= 4 is 15.8 Å². The van der Waals surface area contributed by atoms with E-state index >= 15 is 0 Å². The molecule has 1 aromatic rings. The second kappa shape index (κ2) is 4.88. The summed E-state index contributed by atoms with van der Waals surface area (Å²) in [5.41, 5.74) is 0.0542. The van der Waals surface area contributed by atoms with Gasteiger partial charge in [0, 0.05) is 0 Å². The van der Waals surface area contributed by atoms with Crippen molar-refractivity contribution in [3.63, 3.8) is 0 Å². The van der Waals surface area contributed by atoms with Crippen molar-refractivity contribution in [3.8, 4) is 6.07 Å². The Labute approximate surface area is 93.8 Å². The maximum absolute atomic E-state index is 11.7. The Morgan fingerprint density at radius 2 is 2.06 bits per heavy atom. The minimum absolute atomic E-state index is 0.0542. The van der Waals surface area contributed by atoms with Gasteiger partial charge in [0.2, 0.25) is 10.0 Å². The van der Waals surface area contributed by atoms with Gasteiger partial charge in [0.05, 0.1) is 17.0 Å². The third kappa shape index (κ3) is 2.89. The van der Waals surface area contributed by atoms with Crippen LogP contribution in [0.15, 0.2) is 29.2 Å². The molecule has 0 atom stereocenters. The normalized spacial score (nSPS) is 10.8. The van der Waals surface area contributed by atoms with Crippen LogP contribution in [0, 0.1) is 11.3 Å². The second-order valence-corrected chi connectivity index (χ2v) is 4.87. The number of carbonyl (C=O) groups excluding carboxylic acids is 1. The topological polar surface area (TPSA) is 87.0 Å². The van der Waals surface area contributed by atoms with E-state index in [-0.39, 0.29) is 22.8 Å². The van der Waals surface area contributed by atoms with Gasteiger partial charge in [-0.3, -0.25) is 4.79 Å². The van der Waals surface area contributed by atoms with Crippen molar-refractivity contribution in [1.82, 2.24) is 4.72 Å². The molecule has 0 fully saturated rings. The van der Waals surface area contributed by atoms with Crippen molar-refractivity contribution < 1.29 is 13.2 Å². The molecule has 0 aliphatic rings. The smallest absolute Gasteiger partial charge is 0.242 e. The first-order valence-electron chi connectivity index (χ1n) is 4.45. The fraction of sp³-hybridized carbons (Fsp3) is 0.200. The summed E-state index contributed by atoms with van der Waals surface area (Å²) < 4.78 is 25.5. The molecule has 0 aliphatic carbocycles. The molecule has 6 heteroatoms. The molecule has 16 heavy (non-hydrogen) atoms. The van der Waals surface area contributed by atoms with Crippen molar-refractivity contribution in [2.75, 3.05) is 6.54 Å². The lowest BCUT2D eigenvalue weighted by atomic mass is 10.2. The lowest BCUT2D eigenvalue weighted by Crippen LogP contribution is -2.28. The number of nitrogens with zero attached hydrogens (tertiary/aromatic N) is 1. The number of ketones is 1. The molecule has 0 saturated heterocycles. The Morgan fingerprint density at radius 1 is 1.44 bits per heavy atom. The molecule has 0 amide bonds. The van der Waals surface area contributed by atoms with E-state index in [0.29, 0.717) is 0 Å². The van der Waals surface area contributed by atoms with Gasteiger partial charge in [0.25, 0.3) is 0 Å². The molecule has 0 aromatic heterocycles. The fourth-order valence-corrected chi connectivity index (χ4v) is 2.28. The maximum atomic E-state index is 11.7. The summed E-state index contributed by atoms with van der Waals surface area (Å²) >= 11 is 0. The average Bonchev–Trinajstić information content (AvgIpc) is 2.26. The molecule has 84 valence electrons. The van der Waals surface area contributed by atoms with E-state index in [0.717, 1.165) is 0 Å². The van der Waals surface area contributed by atoms with Crippen LogP contribution in [-0.2, 0) is 14.8 Å². The molecular formula is C10H10N2O3S. The van der Waals surface area contributed by atoms with E-state index in [1.807, 2.05) is 0 Å². The Balaban J connectivity index is 3.08. The van der Waals surface area contributed by atoms with Crippen LogP contribution in [0.2, 0.25) is 0 Å². The summed E-state index contributed by atoms with van der Waals surface area (Å²) in [5, 5.41) is 8.75. The van der Waals surface area contributed by atoms with E-state index in [1.165, 1.54) is 25.1 Å². The Bertz CT molecular complexity index is 543. The number of Topliss-reactive ketones (excluding diaryl/α,β-unsaturated/α-hetero) is 1. The summed E-state index contributed by atoms with van der Waals surface area (Å²) in [5.74, 6) is -0.294. The van der Waals surface area contributed by atoms with E-state index in [9.17, 15) is 13.2 Å². The Hall–Kier alpha value is -1.71. The molecule has 0 heterocycles. The molecule has 1 rings (SSSR count). The van der Waals surface area contributed by atoms with Crippen LogP contribution in [-0.4, -0.2) is 20.7 Å². The lowest BCUT2D eigenvalue weighted by molar-refractivity contribution is -0.115. The fourth-order valence-electron chi connectivity index (χ4n) is 1.07. The van der Waals surface area contributed by atoms with Crippen LogP contribution in [0.3, 0.4) is 0 Å². The van der Waals surface area contributed by atoms with Crippen molar-refractivity contribution in [2.24, 2.45) is 0 Å². The van der Waals surface area contributed by atoms with E-state index < -0.39 is 10.0 Å². The van der Waals surface area contributed by atoms with E-state index in [2.05, 4.69) is 4.72 Å². The Morgan fingerprint density at radius 3 is 2.62 bits per heavy atom. The van der Waals surface area contributed by atoms with Crippen molar-refractivity contribution in [3.05, 3.63) is 29.8 Å². The van der Waals surface area contributed by atoms with Crippen molar-refractivity contribution in [2.45, 2.75) is 11.8 Å². The molecule has 0 bridgehead atoms. The third-order valence-electron chi connectivity index (χ3n) is 1.81. The zero-order chi connectivity index (χ0) is 12.2. The number of carbonyl (C=O) groups is 1. The highest BCUT2D eigenvalue weighted by atomic mass is 32.2. The minimum Gasteiger partial charge on any atom is -0.299 e. The van der Waals surface area contributed by atoms with Crippen LogP contribution < -0.4 is 4.72 Å². The third-order valence-corrected chi connectivity index (χ3v) is 3.27.